The van der Waals surface area contributed by atoms with Crippen molar-refractivity contribution >= 4 is 53.2 Å². The number of hydrogen-bond donors (Lipinski definition) is 8. The van der Waals surface area contributed by atoms with Gasteiger partial charge in [0, 0.05) is 45.7 Å². The molecule has 35 heteroatoms. The van der Waals surface area contributed by atoms with Gasteiger partial charge in [-0.1, -0.05) is 6.07 Å². The molecule has 5 aliphatic heterocycles. The summed E-state index contributed by atoms with van der Waals surface area (Å²) in [4.78, 5) is 87.6. The van der Waals surface area contributed by atoms with Gasteiger partial charge in [-0.25, -0.2) is 9.59 Å². The highest BCUT2D eigenvalue weighted by atomic mass is 32.2. The minimum Gasteiger partial charge on any atom is -0.487 e. The van der Waals surface area contributed by atoms with Crippen LogP contribution in [0.2, 0.25) is 0 Å². The number of amides is 8. The molecule has 0 aliphatic carbocycles. The van der Waals surface area contributed by atoms with E-state index in [1.54, 1.807) is 18.2 Å². The van der Waals surface area contributed by atoms with Crippen LogP contribution in [-0.2, 0) is 68.4 Å². The van der Waals surface area contributed by atoms with E-state index in [9.17, 15) is 80.3 Å². The van der Waals surface area contributed by atoms with E-state index in [0.717, 1.165) is 16.7 Å². The molecule has 0 radical (unpaired) electrons. The minimum absolute atomic E-state index is 0.00964. The number of halogens is 6. The zero-order valence-electron chi connectivity index (χ0n) is 47.5. The van der Waals surface area contributed by atoms with Crippen LogP contribution < -0.4 is 30.7 Å². The fourth-order valence-electron chi connectivity index (χ4n) is 9.99. The molecular formula is C52H75F6N7O21S. The van der Waals surface area contributed by atoms with E-state index in [4.69, 9.17) is 47.4 Å². The first kappa shape index (κ1) is 70.6. The number of urea groups is 2. The number of carbonyl (C=O) groups excluding carboxylic acids is 7. The van der Waals surface area contributed by atoms with Crippen molar-refractivity contribution in [3.05, 3.63) is 23.8 Å². The normalized spacial score (nSPS) is 25.5. The second-order valence-electron chi connectivity index (χ2n) is 20.4. The molecule has 1 aromatic carbocycles. The molecule has 8 N–H and O–H groups in total. The van der Waals surface area contributed by atoms with Crippen LogP contribution in [0, 0.1) is 0 Å². The number of aliphatic hydroxyl groups is 4. The SMILES string of the molecule is CC(=O)CSC1CC(=O)N(Cc2ccc(OCCOCCOCCOCCNC(=O)NCC3O[C@H]4CCN(C(=O)C(F)(F)F)[C@H]4[C@@H](O)[C@H]3O)c(OCCOCCOCCOCCNC(=O)NCC3O[C@H]4CCN(C(=O)C(F)(F)F)[C@H]4[C@@H](O)[C@H]3O)c2)C1=O. The van der Waals surface area contributed by atoms with Crippen molar-refractivity contribution in [2.24, 2.45) is 0 Å². The van der Waals surface area contributed by atoms with Crippen molar-refractivity contribution in [1.29, 1.82) is 0 Å². The lowest BCUT2D eigenvalue weighted by molar-refractivity contribution is -0.207. The third-order valence-electron chi connectivity index (χ3n) is 14.1. The van der Waals surface area contributed by atoms with Crippen LogP contribution in [0.4, 0.5) is 35.9 Å². The van der Waals surface area contributed by atoms with E-state index in [2.05, 4.69) is 21.3 Å². The van der Waals surface area contributed by atoms with Gasteiger partial charge in [0.15, 0.2) is 11.5 Å². The number of alkyl halides is 6. The Morgan fingerprint density at radius 2 is 1.00 bits per heavy atom. The molecule has 0 saturated carbocycles. The molecule has 0 bridgehead atoms. The number of fused-ring (bicyclic) bond motifs is 2. The summed E-state index contributed by atoms with van der Waals surface area (Å²) in [5.74, 6) is -4.37. The average molecular weight is 1280 g/mol. The van der Waals surface area contributed by atoms with Gasteiger partial charge < -0.3 is 98.9 Å². The number of carbonyl (C=O) groups is 7. The monoisotopic (exact) mass is 1280 g/mol. The van der Waals surface area contributed by atoms with E-state index in [1.807, 2.05) is 0 Å². The van der Waals surface area contributed by atoms with Gasteiger partial charge in [0.05, 0.1) is 121 Å². The molecule has 87 heavy (non-hydrogen) atoms. The molecule has 492 valence electrons. The highest BCUT2D eigenvalue weighted by Gasteiger charge is 2.57. The van der Waals surface area contributed by atoms with Gasteiger partial charge in [0.1, 0.15) is 55.6 Å². The molecule has 3 unspecified atom stereocenters. The highest BCUT2D eigenvalue weighted by Crippen LogP contribution is 2.37. The summed E-state index contributed by atoms with van der Waals surface area (Å²) in [6, 6.07) is 0.899. The number of nitrogens with zero attached hydrogens (tertiary/aromatic N) is 3. The number of hydrogen-bond acceptors (Lipinski definition) is 22. The molecule has 5 aliphatic rings. The van der Waals surface area contributed by atoms with Crippen LogP contribution >= 0.6 is 11.8 Å². The topological polar surface area (TPSA) is 351 Å². The Bertz CT molecular complexity index is 2430. The second kappa shape index (κ2) is 34.5. The summed E-state index contributed by atoms with van der Waals surface area (Å²) in [5.41, 5.74) is 0.578. The largest absolute Gasteiger partial charge is 0.487 e. The Kier molecular flexibility index (Phi) is 28.0. The van der Waals surface area contributed by atoms with Crippen molar-refractivity contribution in [2.45, 2.75) is 111 Å². The number of ketones is 1. The number of ether oxygens (including phenoxy) is 10. The number of imide groups is 1. The minimum atomic E-state index is -5.15. The quantitative estimate of drug-likeness (QED) is 0.0215. The van der Waals surface area contributed by atoms with Gasteiger partial charge in [-0.05, 0) is 37.5 Å². The lowest BCUT2D eigenvalue weighted by Gasteiger charge is -2.42. The van der Waals surface area contributed by atoms with Crippen molar-refractivity contribution in [2.75, 3.05) is 138 Å². The van der Waals surface area contributed by atoms with Gasteiger partial charge in [-0.2, -0.15) is 26.3 Å². The Balaban J connectivity index is 0.792. The molecule has 1 aromatic rings. The predicted molar refractivity (Wildman–Crippen MR) is 286 cm³/mol. The van der Waals surface area contributed by atoms with Gasteiger partial charge in [0.25, 0.3) is 0 Å². The van der Waals surface area contributed by atoms with Crippen LogP contribution in [-0.4, -0.2) is 293 Å². The molecular weight excluding hydrogens is 1200 g/mol. The number of thioether (sulfide) groups is 1. The van der Waals surface area contributed by atoms with Crippen molar-refractivity contribution in [3.8, 4) is 11.5 Å². The molecule has 28 nitrogen and oxygen atoms in total. The molecule has 11 atom stereocenters. The lowest BCUT2D eigenvalue weighted by atomic mass is 9.93. The smallest absolute Gasteiger partial charge is 0.471 e. The van der Waals surface area contributed by atoms with E-state index >= 15 is 0 Å². The van der Waals surface area contributed by atoms with Crippen molar-refractivity contribution < 1.29 is 128 Å². The van der Waals surface area contributed by atoms with Gasteiger partial charge in [-0.15, -0.1) is 11.8 Å². The van der Waals surface area contributed by atoms with Crippen LogP contribution in [0.1, 0.15) is 31.7 Å². The van der Waals surface area contributed by atoms with Gasteiger partial charge in [0.2, 0.25) is 11.8 Å². The zero-order chi connectivity index (χ0) is 63.3. The van der Waals surface area contributed by atoms with Crippen molar-refractivity contribution in [1.82, 2.24) is 36.0 Å². The Morgan fingerprint density at radius 3 is 1.43 bits per heavy atom. The summed E-state index contributed by atoms with van der Waals surface area (Å²) < 4.78 is 135. The third-order valence-corrected chi connectivity index (χ3v) is 15.5. The number of benzene rings is 1. The number of Topliss-reactive ketones (excluding diaryl/α,β-unsaturated/α-hetero) is 1. The fourth-order valence-corrected chi connectivity index (χ4v) is 11.0. The highest BCUT2D eigenvalue weighted by molar-refractivity contribution is 8.01. The average Bonchev–Trinajstić information content (AvgIpc) is 1.95. The lowest BCUT2D eigenvalue weighted by Crippen LogP contribution is -2.63. The Labute approximate surface area is 499 Å². The van der Waals surface area contributed by atoms with Crippen LogP contribution in [0.25, 0.3) is 0 Å². The maximum Gasteiger partial charge on any atom is 0.471 e. The zero-order valence-corrected chi connectivity index (χ0v) is 48.3. The van der Waals surface area contributed by atoms with E-state index in [1.165, 1.54) is 6.92 Å². The molecule has 5 heterocycles. The first-order chi connectivity index (χ1) is 41.5. The van der Waals surface area contributed by atoms with Crippen LogP contribution in [0.5, 0.6) is 11.5 Å². The number of rotatable bonds is 35. The summed E-state index contributed by atoms with van der Waals surface area (Å²) in [7, 11) is 0. The van der Waals surface area contributed by atoms with Gasteiger partial charge >= 0.3 is 36.2 Å². The summed E-state index contributed by atoms with van der Waals surface area (Å²) >= 11 is 1.13. The first-order valence-corrected chi connectivity index (χ1v) is 29.1. The molecule has 5 saturated heterocycles. The van der Waals surface area contributed by atoms with Crippen LogP contribution in [0.15, 0.2) is 18.2 Å². The van der Waals surface area contributed by atoms with E-state index in [-0.39, 0.29) is 181 Å². The molecule has 0 spiro atoms. The second-order valence-corrected chi connectivity index (χ2v) is 21.6. The maximum atomic E-state index is 13.1. The fraction of sp³-hybridized carbons (Fsp3) is 0.750. The number of likely N-dealkylation sites (tertiary alicyclic amines) is 3. The molecule has 6 rings (SSSR count). The summed E-state index contributed by atoms with van der Waals surface area (Å²) in [6.45, 7) is 2.69. The maximum absolute atomic E-state index is 13.1. The first-order valence-electron chi connectivity index (χ1n) is 28.1. The number of aliphatic hydroxyl groups excluding tert-OH is 4. The molecule has 0 aromatic heterocycles. The van der Waals surface area contributed by atoms with E-state index < -0.39 is 102 Å². The molecule has 5 fully saturated rings. The molecule has 8 amide bonds. The Hall–Kier alpha value is -5.44. The van der Waals surface area contributed by atoms with E-state index in [0.29, 0.717) is 26.9 Å². The number of nitrogens with one attached hydrogen (secondary N) is 4. The third kappa shape index (κ3) is 21.4. The predicted octanol–water partition coefficient (Wildman–Crippen LogP) is -1.60. The van der Waals surface area contributed by atoms with Crippen LogP contribution in [0.3, 0.4) is 0 Å². The standard InChI is InChI=1S/C52H75F6N7O21S/c1-30(66)29-87-38-25-39(67)65(46(38)72)28-31-2-3-32(83-22-20-81-18-16-79-14-12-77-10-6-59-49(75)61-26-36-42(68)44(70)40-33(85-36)4-8-63(40)47(73)51(53,54)55)35(24-31)84-23-21-82-19-17-80-15-13-78-11-7-60-50(76)62-27-37-43(69)45(71)41-34(86-37)5-9-64(41)48(74)52(56,57)58/h2-3,24,33-34,36-38,40-45,68-71H,4-23,25-29H2,1H3,(H2,59,61,75)(H2,60,62,76)/t33-,34-,36?,37?,38?,40+,41+,42-,43-,44+,45+/m0/s1. The van der Waals surface area contributed by atoms with Crippen molar-refractivity contribution in [3.63, 3.8) is 0 Å². The summed E-state index contributed by atoms with van der Waals surface area (Å²) in [6.07, 6.45) is -21.3. The Morgan fingerprint density at radius 1 is 0.586 bits per heavy atom. The summed E-state index contributed by atoms with van der Waals surface area (Å²) in [5, 5.41) is 51.4. The van der Waals surface area contributed by atoms with Gasteiger partial charge in [-0.3, -0.25) is 28.9 Å².